The number of nitrogens with zero attached hydrogens (tertiary/aromatic N) is 1. The Balaban J connectivity index is 1.96. The molecule has 0 spiro atoms. The van der Waals surface area contributed by atoms with E-state index in [4.69, 9.17) is 9.57 Å². The largest absolute Gasteiger partial charge is 0.492 e. The number of hydrogen-bond acceptors (Lipinski definition) is 5. The highest BCUT2D eigenvalue weighted by molar-refractivity contribution is 7.88. The van der Waals surface area contributed by atoms with E-state index in [2.05, 4.69) is 4.72 Å². The normalized spacial score (nSPS) is 11.4. The van der Waals surface area contributed by atoms with Crippen LogP contribution in [0, 0.1) is 0 Å². The molecule has 7 nitrogen and oxygen atoms in total. The van der Waals surface area contributed by atoms with Gasteiger partial charge in [0, 0.05) is 6.54 Å². The molecule has 0 radical (unpaired) electrons. The van der Waals surface area contributed by atoms with Gasteiger partial charge in [0.2, 0.25) is 16.4 Å². The fraction of sp³-hybridized carbons (Fsp3) is 0.353. The SMILES string of the molecule is CON(C=O)CCOc1ccc2cc(CCNS(C)(=O)=O)ccc2c1. The molecule has 0 aliphatic heterocycles. The highest BCUT2D eigenvalue weighted by Gasteiger charge is 2.04. The molecule has 2 aromatic carbocycles. The molecule has 2 rings (SSSR count). The Morgan fingerprint density at radius 2 is 1.88 bits per heavy atom. The molecule has 2 aromatic rings. The Kier molecular flexibility index (Phi) is 6.74. The predicted octanol–water partition coefficient (Wildman–Crippen LogP) is 1.33. The monoisotopic (exact) mass is 366 g/mol. The molecule has 0 heterocycles. The van der Waals surface area contributed by atoms with Crippen LogP contribution in [0.3, 0.4) is 0 Å². The zero-order valence-corrected chi connectivity index (χ0v) is 15.1. The van der Waals surface area contributed by atoms with E-state index >= 15 is 0 Å². The first-order valence-corrected chi connectivity index (χ1v) is 9.66. The van der Waals surface area contributed by atoms with E-state index in [0.717, 1.165) is 27.7 Å². The van der Waals surface area contributed by atoms with Crippen LogP contribution in [0.5, 0.6) is 5.75 Å². The van der Waals surface area contributed by atoms with Crippen molar-refractivity contribution in [2.75, 3.05) is 33.1 Å². The van der Waals surface area contributed by atoms with Crippen molar-refractivity contribution >= 4 is 27.2 Å². The van der Waals surface area contributed by atoms with Gasteiger partial charge in [0.15, 0.2) is 0 Å². The lowest BCUT2D eigenvalue weighted by atomic mass is 10.0. The van der Waals surface area contributed by atoms with Crippen LogP contribution in [0.15, 0.2) is 36.4 Å². The zero-order chi connectivity index (χ0) is 18.3. The summed E-state index contributed by atoms with van der Waals surface area (Å²) in [5, 5.41) is 3.23. The Morgan fingerprint density at radius 3 is 2.56 bits per heavy atom. The minimum atomic E-state index is -3.16. The Morgan fingerprint density at radius 1 is 1.16 bits per heavy atom. The molecule has 0 aliphatic rings. The van der Waals surface area contributed by atoms with Gasteiger partial charge in [0.25, 0.3) is 0 Å². The van der Waals surface area contributed by atoms with Gasteiger partial charge in [-0.1, -0.05) is 24.3 Å². The smallest absolute Gasteiger partial charge is 0.233 e. The third-order valence-corrected chi connectivity index (χ3v) is 4.32. The molecule has 136 valence electrons. The van der Waals surface area contributed by atoms with Gasteiger partial charge in [-0.3, -0.25) is 9.63 Å². The molecule has 0 saturated carbocycles. The summed E-state index contributed by atoms with van der Waals surface area (Å²) < 4.78 is 30.3. The van der Waals surface area contributed by atoms with Gasteiger partial charge in [-0.15, -0.1) is 0 Å². The number of sulfonamides is 1. The number of nitrogens with one attached hydrogen (secondary N) is 1. The number of amides is 1. The number of ether oxygens (including phenoxy) is 1. The van der Waals surface area contributed by atoms with Gasteiger partial charge >= 0.3 is 0 Å². The number of carbonyl (C=O) groups is 1. The Labute approximate surface area is 147 Å². The fourth-order valence-electron chi connectivity index (χ4n) is 2.34. The van der Waals surface area contributed by atoms with Crippen LogP contribution in [0.1, 0.15) is 5.56 Å². The van der Waals surface area contributed by atoms with Crippen LogP contribution in [0.4, 0.5) is 0 Å². The lowest BCUT2D eigenvalue weighted by Crippen LogP contribution is -2.25. The molecule has 25 heavy (non-hydrogen) atoms. The zero-order valence-electron chi connectivity index (χ0n) is 14.3. The maximum atomic E-state index is 11.1. The standard InChI is InChI=1S/C17H22N2O5S/c1-23-19(13-20)9-10-24-17-6-5-15-11-14(3-4-16(15)12-17)7-8-18-25(2,21)22/h3-6,11-13,18H,7-10H2,1-2H3. The maximum Gasteiger partial charge on any atom is 0.233 e. The van der Waals surface area contributed by atoms with Crippen LogP contribution < -0.4 is 9.46 Å². The van der Waals surface area contributed by atoms with Gasteiger partial charge in [-0.05, 0) is 34.9 Å². The first kappa shape index (κ1) is 19.2. The van der Waals surface area contributed by atoms with Crippen LogP contribution in [-0.2, 0) is 26.1 Å². The third kappa shape index (κ3) is 6.33. The molecule has 0 aromatic heterocycles. The van der Waals surface area contributed by atoms with Gasteiger partial charge < -0.3 is 4.74 Å². The molecule has 0 unspecified atom stereocenters. The van der Waals surface area contributed by atoms with E-state index in [1.807, 2.05) is 36.4 Å². The summed E-state index contributed by atoms with van der Waals surface area (Å²) in [5.74, 6) is 0.709. The number of fused-ring (bicyclic) bond motifs is 1. The van der Waals surface area contributed by atoms with Crippen molar-refractivity contribution in [1.29, 1.82) is 0 Å². The first-order valence-electron chi connectivity index (χ1n) is 7.77. The quantitative estimate of drug-likeness (QED) is 0.506. The molecule has 0 atom stereocenters. The second-order valence-corrected chi connectivity index (χ2v) is 7.37. The van der Waals surface area contributed by atoms with Crippen molar-refractivity contribution < 1.29 is 22.8 Å². The summed E-state index contributed by atoms with van der Waals surface area (Å²) in [6.07, 6.45) is 2.37. The van der Waals surface area contributed by atoms with Gasteiger partial charge in [0.05, 0.1) is 19.9 Å². The summed E-state index contributed by atoms with van der Waals surface area (Å²) in [5.41, 5.74) is 1.05. The lowest BCUT2D eigenvalue weighted by molar-refractivity contribution is -0.162. The summed E-state index contributed by atoms with van der Waals surface area (Å²) in [6.45, 7) is 1.04. The highest BCUT2D eigenvalue weighted by atomic mass is 32.2. The molecule has 8 heteroatoms. The minimum absolute atomic E-state index is 0.327. The summed E-state index contributed by atoms with van der Waals surface area (Å²) in [4.78, 5) is 15.4. The Hall–Kier alpha value is -2.16. The van der Waals surface area contributed by atoms with E-state index in [1.54, 1.807) is 0 Å². The van der Waals surface area contributed by atoms with Gasteiger partial charge in [-0.2, -0.15) is 0 Å². The van der Waals surface area contributed by atoms with Crippen LogP contribution in [0.2, 0.25) is 0 Å². The fourth-order valence-corrected chi connectivity index (χ4v) is 2.81. The second-order valence-electron chi connectivity index (χ2n) is 5.54. The molecule has 0 fully saturated rings. The molecular weight excluding hydrogens is 344 g/mol. The number of benzene rings is 2. The van der Waals surface area contributed by atoms with E-state index < -0.39 is 10.0 Å². The lowest BCUT2D eigenvalue weighted by Gasteiger charge is -2.14. The average Bonchev–Trinajstić information content (AvgIpc) is 2.57. The number of hydrogen-bond donors (Lipinski definition) is 1. The highest BCUT2D eigenvalue weighted by Crippen LogP contribution is 2.22. The molecule has 0 bridgehead atoms. The topological polar surface area (TPSA) is 84.9 Å². The molecule has 1 N–H and O–H groups in total. The van der Waals surface area contributed by atoms with Crippen molar-refractivity contribution in [3.8, 4) is 5.75 Å². The van der Waals surface area contributed by atoms with E-state index in [0.29, 0.717) is 38.3 Å². The average molecular weight is 366 g/mol. The van der Waals surface area contributed by atoms with E-state index in [1.165, 1.54) is 7.11 Å². The van der Waals surface area contributed by atoms with Crippen LogP contribution in [-0.4, -0.2) is 53.0 Å². The number of carbonyl (C=O) groups excluding carboxylic acids is 1. The predicted molar refractivity (Wildman–Crippen MR) is 95.8 cm³/mol. The minimum Gasteiger partial charge on any atom is -0.492 e. The van der Waals surface area contributed by atoms with Crippen molar-refractivity contribution in [3.05, 3.63) is 42.0 Å². The van der Waals surface area contributed by atoms with Gasteiger partial charge in [-0.25, -0.2) is 18.2 Å². The second kappa shape index (κ2) is 8.80. The first-order chi connectivity index (χ1) is 11.9. The maximum absolute atomic E-state index is 11.1. The summed E-state index contributed by atoms with van der Waals surface area (Å²) in [6, 6.07) is 11.7. The van der Waals surface area contributed by atoms with Crippen molar-refractivity contribution in [1.82, 2.24) is 9.79 Å². The van der Waals surface area contributed by atoms with Gasteiger partial charge in [0.1, 0.15) is 12.4 Å². The molecular formula is C17H22N2O5S. The number of rotatable bonds is 10. The van der Waals surface area contributed by atoms with Crippen molar-refractivity contribution in [2.45, 2.75) is 6.42 Å². The van der Waals surface area contributed by atoms with Crippen LogP contribution >= 0.6 is 0 Å². The van der Waals surface area contributed by atoms with E-state index in [-0.39, 0.29) is 0 Å². The third-order valence-electron chi connectivity index (χ3n) is 3.59. The summed E-state index contributed by atoms with van der Waals surface area (Å²) in [7, 11) is -1.74. The van der Waals surface area contributed by atoms with Crippen LogP contribution in [0.25, 0.3) is 10.8 Å². The molecule has 1 amide bonds. The van der Waals surface area contributed by atoms with E-state index in [9.17, 15) is 13.2 Å². The molecule has 0 saturated heterocycles. The van der Waals surface area contributed by atoms with Crippen molar-refractivity contribution in [3.63, 3.8) is 0 Å². The number of hydroxylamine groups is 2. The Bertz CT molecular complexity index is 823. The van der Waals surface area contributed by atoms with Crippen molar-refractivity contribution in [2.24, 2.45) is 0 Å². The summed E-state index contributed by atoms with van der Waals surface area (Å²) >= 11 is 0. The molecule has 0 aliphatic carbocycles.